The number of anilines is 1. The van der Waals surface area contributed by atoms with E-state index in [4.69, 9.17) is 11.6 Å². The first-order valence-corrected chi connectivity index (χ1v) is 10.4. The zero-order valence-electron chi connectivity index (χ0n) is 15.2. The van der Waals surface area contributed by atoms with Crippen LogP contribution in [0.15, 0.2) is 30.3 Å². The summed E-state index contributed by atoms with van der Waals surface area (Å²) in [5.74, 6) is -0.913. The Hall–Kier alpha value is -2.65. The number of hydrogen-bond donors (Lipinski definition) is 1. The van der Waals surface area contributed by atoms with Gasteiger partial charge in [-0.1, -0.05) is 29.8 Å². The van der Waals surface area contributed by atoms with E-state index in [0.29, 0.717) is 24.9 Å². The van der Waals surface area contributed by atoms with Crippen LogP contribution in [0.1, 0.15) is 28.1 Å². The van der Waals surface area contributed by atoms with Gasteiger partial charge in [0.2, 0.25) is 5.91 Å². The fourth-order valence-corrected chi connectivity index (χ4v) is 5.36. The van der Waals surface area contributed by atoms with E-state index < -0.39 is 29.6 Å². The topological polar surface area (TPSA) is 62.3 Å². The number of fused-ring (bicyclic) bond motifs is 4. The Kier molecular flexibility index (Phi) is 4.30. The number of nitrogens with zero attached hydrogens (tertiary/aromatic N) is 2. The van der Waals surface area contributed by atoms with Gasteiger partial charge in [-0.25, -0.2) is 4.98 Å². The molecule has 2 aromatic heterocycles. The van der Waals surface area contributed by atoms with E-state index in [-0.39, 0.29) is 31.5 Å². The van der Waals surface area contributed by atoms with Crippen molar-refractivity contribution in [3.63, 3.8) is 0 Å². The van der Waals surface area contributed by atoms with Crippen LogP contribution in [0.2, 0.25) is 5.02 Å². The van der Waals surface area contributed by atoms with Gasteiger partial charge in [0.1, 0.15) is 15.7 Å². The van der Waals surface area contributed by atoms with Gasteiger partial charge in [-0.05, 0) is 25.0 Å². The Morgan fingerprint density at radius 3 is 2.73 bits per heavy atom. The maximum Gasteiger partial charge on any atom is 0.417 e. The molecule has 5 rings (SSSR count). The predicted octanol–water partition coefficient (Wildman–Crippen LogP) is 5.19. The zero-order chi connectivity index (χ0) is 21.2. The lowest BCUT2D eigenvalue weighted by Crippen LogP contribution is -2.40. The summed E-state index contributed by atoms with van der Waals surface area (Å²) in [6.07, 6.45) is -3.56. The lowest BCUT2D eigenvalue weighted by molar-refractivity contribution is -0.136. The summed E-state index contributed by atoms with van der Waals surface area (Å²) < 4.78 is 42.1. The van der Waals surface area contributed by atoms with Crippen molar-refractivity contribution < 1.29 is 22.8 Å². The summed E-state index contributed by atoms with van der Waals surface area (Å²) in [7, 11) is 0. The quantitative estimate of drug-likeness (QED) is 0.553. The molecule has 1 aromatic carbocycles. The van der Waals surface area contributed by atoms with Gasteiger partial charge in [-0.3, -0.25) is 9.59 Å². The average Bonchev–Trinajstić information content (AvgIpc) is 3.29. The fraction of sp³-hybridized carbons (Fsp3) is 0.250. The second-order valence-corrected chi connectivity index (χ2v) is 8.57. The van der Waals surface area contributed by atoms with Crippen LogP contribution in [0.4, 0.5) is 18.9 Å². The molecule has 2 aliphatic rings. The zero-order valence-corrected chi connectivity index (χ0v) is 16.8. The van der Waals surface area contributed by atoms with Crippen LogP contribution in [0, 0.1) is 0 Å². The molecule has 2 amide bonds. The van der Waals surface area contributed by atoms with Gasteiger partial charge in [-0.15, -0.1) is 11.3 Å². The molecule has 1 saturated heterocycles. The Balaban J connectivity index is 1.80. The third kappa shape index (κ3) is 2.87. The van der Waals surface area contributed by atoms with Gasteiger partial charge in [0.25, 0.3) is 5.91 Å². The summed E-state index contributed by atoms with van der Waals surface area (Å²) in [6.45, 7) is 0.398. The number of amides is 2. The highest BCUT2D eigenvalue weighted by molar-refractivity contribution is 7.21. The smallest absolute Gasteiger partial charge is 0.326 e. The van der Waals surface area contributed by atoms with Crippen molar-refractivity contribution in [2.24, 2.45) is 0 Å². The lowest BCUT2D eigenvalue weighted by atomic mass is 10.0. The lowest BCUT2D eigenvalue weighted by Gasteiger charge is -2.19. The van der Waals surface area contributed by atoms with Crippen molar-refractivity contribution >= 4 is 50.7 Å². The number of thiophene rings is 1. The van der Waals surface area contributed by atoms with Crippen LogP contribution in [0.25, 0.3) is 21.5 Å². The molecular formula is C20H13ClF3N3O2S. The molecule has 30 heavy (non-hydrogen) atoms. The minimum absolute atomic E-state index is 0.0241. The van der Waals surface area contributed by atoms with Gasteiger partial charge in [0, 0.05) is 22.5 Å². The number of carbonyl (C=O) groups excluding carboxylic acids is 2. The molecule has 0 aliphatic carbocycles. The van der Waals surface area contributed by atoms with Crippen LogP contribution >= 0.6 is 22.9 Å². The fourth-order valence-electron chi connectivity index (χ4n) is 4.02. The van der Waals surface area contributed by atoms with Gasteiger partial charge in [0.05, 0.1) is 16.9 Å². The number of aromatic nitrogens is 1. The molecule has 0 saturated carbocycles. The molecule has 1 N–H and O–H groups in total. The number of benzene rings is 1. The molecule has 1 fully saturated rings. The first kappa shape index (κ1) is 19.3. The minimum Gasteiger partial charge on any atom is -0.326 e. The van der Waals surface area contributed by atoms with Gasteiger partial charge < -0.3 is 10.2 Å². The van der Waals surface area contributed by atoms with Crippen LogP contribution in [0.5, 0.6) is 0 Å². The monoisotopic (exact) mass is 451 g/mol. The summed E-state index contributed by atoms with van der Waals surface area (Å²) >= 11 is 7.02. The van der Waals surface area contributed by atoms with Crippen molar-refractivity contribution in [3.05, 3.63) is 45.8 Å². The number of halogens is 4. The number of nitrogens with one attached hydrogen (secondary N) is 1. The van der Waals surface area contributed by atoms with Crippen LogP contribution < -0.4 is 5.32 Å². The maximum atomic E-state index is 14.0. The van der Waals surface area contributed by atoms with Crippen LogP contribution in [-0.2, 0) is 11.0 Å². The van der Waals surface area contributed by atoms with E-state index in [1.807, 2.05) is 0 Å². The standard InChI is InChI=1S/C20H13ClF3N3O2S/c21-11-5-2-1-4-9(11)12-8-10(20(22,23)24)14-15-16(30-18(14)25-12)19(29)27-7-3-6-13(27)17(28)26-15/h1-2,4-5,8,13H,3,6-7H2,(H,26,28)/t13-/m1/s1. The van der Waals surface area contributed by atoms with Gasteiger partial charge in [-0.2, -0.15) is 13.2 Å². The summed E-state index contributed by atoms with van der Waals surface area (Å²) in [6, 6.07) is 6.73. The van der Waals surface area contributed by atoms with Gasteiger partial charge >= 0.3 is 6.18 Å². The summed E-state index contributed by atoms with van der Waals surface area (Å²) in [5.41, 5.74) is -0.667. The molecule has 0 spiro atoms. The van der Waals surface area contributed by atoms with Crippen LogP contribution in [-0.4, -0.2) is 34.3 Å². The molecule has 1 atom stereocenters. The second-order valence-electron chi connectivity index (χ2n) is 7.16. The average molecular weight is 452 g/mol. The molecule has 3 aromatic rings. The highest BCUT2D eigenvalue weighted by Gasteiger charge is 2.43. The molecular weight excluding hydrogens is 439 g/mol. The van der Waals surface area contributed by atoms with E-state index in [1.165, 1.54) is 4.90 Å². The van der Waals surface area contributed by atoms with Crippen molar-refractivity contribution in [2.45, 2.75) is 25.1 Å². The molecule has 5 nitrogen and oxygen atoms in total. The molecule has 0 unspecified atom stereocenters. The highest BCUT2D eigenvalue weighted by Crippen LogP contribution is 2.46. The molecule has 0 bridgehead atoms. The second kappa shape index (κ2) is 6.68. The molecule has 4 heterocycles. The third-order valence-corrected chi connectivity index (χ3v) is 6.78. The summed E-state index contributed by atoms with van der Waals surface area (Å²) in [5, 5.41) is 2.57. The number of carbonyl (C=O) groups is 2. The number of hydrogen-bond acceptors (Lipinski definition) is 4. The van der Waals surface area contributed by atoms with Crippen LogP contribution in [0.3, 0.4) is 0 Å². The largest absolute Gasteiger partial charge is 0.417 e. The van der Waals surface area contributed by atoms with Crippen molar-refractivity contribution in [2.75, 3.05) is 11.9 Å². The van der Waals surface area contributed by atoms with E-state index in [2.05, 4.69) is 10.3 Å². The Bertz CT molecular complexity index is 1220. The number of alkyl halides is 3. The normalized spacial score (nSPS) is 18.9. The van der Waals surface area contributed by atoms with E-state index in [1.54, 1.807) is 24.3 Å². The van der Waals surface area contributed by atoms with Crippen molar-refractivity contribution in [1.82, 2.24) is 9.88 Å². The summed E-state index contributed by atoms with van der Waals surface area (Å²) in [4.78, 5) is 31.5. The third-order valence-electron chi connectivity index (χ3n) is 5.38. The van der Waals surface area contributed by atoms with Gasteiger partial charge in [0.15, 0.2) is 0 Å². The first-order valence-electron chi connectivity index (χ1n) is 9.17. The van der Waals surface area contributed by atoms with E-state index in [0.717, 1.165) is 17.4 Å². The predicted molar refractivity (Wildman–Crippen MR) is 108 cm³/mol. The minimum atomic E-state index is -4.72. The van der Waals surface area contributed by atoms with Crippen molar-refractivity contribution in [3.8, 4) is 11.3 Å². The first-order chi connectivity index (χ1) is 14.3. The number of rotatable bonds is 1. The molecule has 0 radical (unpaired) electrons. The van der Waals surface area contributed by atoms with Crippen molar-refractivity contribution in [1.29, 1.82) is 0 Å². The number of pyridine rings is 1. The molecule has 10 heteroatoms. The molecule has 154 valence electrons. The Labute approximate surface area is 177 Å². The maximum absolute atomic E-state index is 14.0. The molecule has 2 aliphatic heterocycles. The van der Waals surface area contributed by atoms with E-state index in [9.17, 15) is 22.8 Å². The SMILES string of the molecule is O=C1Nc2c(sc3nc(-c4ccccc4Cl)cc(C(F)(F)F)c23)C(=O)N2CCC[C@H]12. The Morgan fingerprint density at radius 2 is 2.00 bits per heavy atom. The van der Waals surface area contributed by atoms with E-state index >= 15 is 0 Å². The Morgan fingerprint density at radius 1 is 1.23 bits per heavy atom. The highest BCUT2D eigenvalue weighted by atomic mass is 35.5.